The SMILES string of the molecule is Cc1cccc(NC(=O)COC(=O)c2cc3c(C)nn(-c4ccccc4)c3s2)c1C. The van der Waals surface area contributed by atoms with Crippen LogP contribution in [0.4, 0.5) is 5.69 Å². The predicted molar refractivity (Wildman–Crippen MR) is 119 cm³/mol. The fourth-order valence-corrected chi connectivity index (χ4v) is 4.24. The molecule has 0 saturated carbocycles. The minimum Gasteiger partial charge on any atom is -0.451 e. The van der Waals surface area contributed by atoms with Gasteiger partial charge in [-0.3, -0.25) is 4.79 Å². The van der Waals surface area contributed by atoms with Gasteiger partial charge in [0.05, 0.1) is 11.4 Å². The van der Waals surface area contributed by atoms with Crippen molar-refractivity contribution in [1.82, 2.24) is 9.78 Å². The lowest BCUT2D eigenvalue weighted by Crippen LogP contribution is -2.21. The smallest absolute Gasteiger partial charge is 0.348 e. The average molecular weight is 420 g/mol. The van der Waals surface area contributed by atoms with Gasteiger partial charge in [-0.25, -0.2) is 9.48 Å². The van der Waals surface area contributed by atoms with Gasteiger partial charge in [-0.15, -0.1) is 11.3 Å². The Hall–Kier alpha value is -3.45. The number of aromatic nitrogens is 2. The molecule has 2 aromatic heterocycles. The van der Waals surface area contributed by atoms with Crippen LogP contribution in [0.15, 0.2) is 54.6 Å². The fraction of sp³-hybridized carbons (Fsp3) is 0.174. The van der Waals surface area contributed by atoms with Gasteiger partial charge in [0.2, 0.25) is 0 Å². The summed E-state index contributed by atoms with van der Waals surface area (Å²) in [6.07, 6.45) is 0. The van der Waals surface area contributed by atoms with E-state index >= 15 is 0 Å². The summed E-state index contributed by atoms with van der Waals surface area (Å²) in [5.41, 5.74) is 4.54. The van der Waals surface area contributed by atoms with Gasteiger partial charge < -0.3 is 10.1 Å². The molecule has 4 aromatic rings. The van der Waals surface area contributed by atoms with Crippen molar-refractivity contribution in [3.05, 3.63) is 76.3 Å². The highest BCUT2D eigenvalue weighted by Gasteiger charge is 2.19. The molecule has 152 valence electrons. The Labute approximate surface area is 178 Å². The summed E-state index contributed by atoms with van der Waals surface area (Å²) in [6, 6.07) is 17.2. The molecular weight excluding hydrogens is 398 g/mol. The summed E-state index contributed by atoms with van der Waals surface area (Å²) in [7, 11) is 0. The van der Waals surface area contributed by atoms with Crippen LogP contribution in [0.25, 0.3) is 15.9 Å². The summed E-state index contributed by atoms with van der Waals surface area (Å²) in [6.45, 7) is 5.48. The van der Waals surface area contributed by atoms with Crippen molar-refractivity contribution >= 4 is 39.1 Å². The zero-order valence-electron chi connectivity index (χ0n) is 16.9. The fourth-order valence-electron chi connectivity index (χ4n) is 3.17. The lowest BCUT2D eigenvalue weighted by Gasteiger charge is -2.10. The Morgan fingerprint density at radius 2 is 1.83 bits per heavy atom. The molecule has 0 aliphatic heterocycles. The van der Waals surface area contributed by atoms with Crippen molar-refractivity contribution in [1.29, 1.82) is 0 Å². The van der Waals surface area contributed by atoms with Crippen LogP contribution in [-0.4, -0.2) is 28.3 Å². The van der Waals surface area contributed by atoms with Crippen molar-refractivity contribution in [2.45, 2.75) is 20.8 Å². The second kappa shape index (κ2) is 8.12. The summed E-state index contributed by atoms with van der Waals surface area (Å²) >= 11 is 1.30. The molecule has 2 aromatic carbocycles. The maximum atomic E-state index is 12.5. The third-order valence-corrected chi connectivity index (χ3v) is 6.05. The molecular formula is C23H21N3O3S. The third-order valence-electron chi connectivity index (χ3n) is 4.96. The monoisotopic (exact) mass is 419 g/mol. The number of amides is 1. The molecule has 4 rings (SSSR count). The number of esters is 1. The Morgan fingerprint density at radius 1 is 1.07 bits per heavy atom. The van der Waals surface area contributed by atoms with E-state index in [-0.39, 0.29) is 12.5 Å². The van der Waals surface area contributed by atoms with Gasteiger partial charge in [-0.2, -0.15) is 5.10 Å². The normalized spacial score (nSPS) is 10.9. The van der Waals surface area contributed by atoms with Gasteiger partial charge in [-0.1, -0.05) is 30.3 Å². The first-order valence-corrected chi connectivity index (χ1v) is 10.3. The lowest BCUT2D eigenvalue weighted by molar-refractivity contribution is -0.119. The Kier molecular flexibility index (Phi) is 5.37. The van der Waals surface area contributed by atoms with Gasteiger partial charge in [0, 0.05) is 11.1 Å². The molecule has 0 aliphatic carbocycles. The molecule has 0 bridgehead atoms. The van der Waals surface area contributed by atoms with E-state index < -0.39 is 5.97 Å². The summed E-state index contributed by atoms with van der Waals surface area (Å²) in [4.78, 5) is 26.1. The topological polar surface area (TPSA) is 73.2 Å². The number of benzene rings is 2. The molecule has 0 saturated heterocycles. The number of hydrogen-bond donors (Lipinski definition) is 1. The van der Waals surface area contributed by atoms with E-state index in [1.165, 1.54) is 11.3 Å². The molecule has 30 heavy (non-hydrogen) atoms. The van der Waals surface area contributed by atoms with Crippen LogP contribution in [0.3, 0.4) is 0 Å². The Bertz CT molecular complexity index is 1240. The maximum Gasteiger partial charge on any atom is 0.348 e. The number of aryl methyl sites for hydroxylation is 2. The van der Waals surface area contributed by atoms with Gasteiger partial charge >= 0.3 is 5.97 Å². The summed E-state index contributed by atoms with van der Waals surface area (Å²) in [5, 5.41) is 8.26. The van der Waals surface area contributed by atoms with Gasteiger partial charge in [0.25, 0.3) is 5.91 Å². The Balaban J connectivity index is 1.47. The first-order valence-electron chi connectivity index (χ1n) is 9.52. The highest BCUT2D eigenvalue weighted by molar-refractivity contribution is 7.20. The number of nitrogens with zero attached hydrogens (tertiary/aromatic N) is 2. The number of carbonyl (C=O) groups is 2. The van der Waals surface area contributed by atoms with Gasteiger partial charge in [-0.05, 0) is 56.2 Å². The molecule has 1 N–H and O–H groups in total. The number of anilines is 1. The molecule has 0 spiro atoms. The van der Waals surface area contributed by atoms with E-state index in [0.29, 0.717) is 4.88 Å². The quantitative estimate of drug-likeness (QED) is 0.471. The number of carbonyl (C=O) groups excluding carboxylic acids is 2. The Morgan fingerprint density at radius 3 is 2.60 bits per heavy atom. The van der Waals surface area contributed by atoms with Crippen molar-refractivity contribution in [2.24, 2.45) is 0 Å². The van der Waals surface area contributed by atoms with Crippen LogP contribution < -0.4 is 5.32 Å². The van der Waals surface area contributed by atoms with Crippen LogP contribution in [0.2, 0.25) is 0 Å². The summed E-state index contributed by atoms with van der Waals surface area (Å²) in [5.74, 6) is -0.892. The van der Waals surface area contributed by atoms with Crippen molar-refractivity contribution < 1.29 is 14.3 Å². The third kappa shape index (κ3) is 3.84. The van der Waals surface area contributed by atoms with Crippen LogP contribution in [0, 0.1) is 20.8 Å². The first-order chi connectivity index (χ1) is 14.4. The zero-order valence-corrected chi connectivity index (χ0v) is 17.7. The number of fused-ring (bicyclic) bond motifs is 1. The van der Waals surface area contributed by atoms with E-state index in [4.69, 9.17) is 4.74 Å². The molecule has 0 unspecified atom stereocenters. The second-order valence-electron chi connectivity index (χ2n) is 7.03. The van der Waals surface area contributed by atoms with E-state index in [9.17, 15) is 9.59 Å². The van der Waals surface area contributed by atoms with Crippen molar-refractivity contribution in [2.75, 3.05) is 11.9 Å². The average Bonchev–Trinajstić information content (AvgIpc) is 3.31. The number of para-hydroxylation sites is 1. The minimum absolute atomic E-state index is 0.343. The molecule has 0 aliphatic rings. The van der Waals surface area contributed by atoms with Gasteiger partial charge in [0.15, 0.2) is 6.61 Å². The molecule has 2 heterocycles. The number of rotatable bonds is 5. The maximum absolute atomic E-state index is 12.5. The molecule has 0 atom stereocenters. The van der Waals surface area contributed by atoms with E-state index in [0.717, 1.165) is 38.4 Å². The van der Waals surface area contributed by atoms with E-state index in [1.54, 1.807) is 6.07 Å². The number of ether oxygens (including phenoxy) is 1. The minimum atomic E-state index is -0.522. The highest BCUT2D eigenvalue weighted by Crippen LogP contribution is 2.30. The van der Waals surface area contributed by atoms with E-state index in [1.807, 2.05) is 74.0 Å². The molecule has 1 amide bonds. The number of nitrogens with one attached hydrogen (secondary N) is 1. The van der Waals surface area contributed by atoms with Crippen LogP contribution in [-0.2, 0) is 9.53 Å². The predicted octanol–water partition coefficient (Wildman–Crippen LogP) is 4.81. The molecule has 6 nitrogen and oxygen atoms in total. The molecule has 0 fully saturated rings. The van der Waals surface area contributed by atoms with Crippen LogP contribution in [0.5, 0.6) is 0 Å². The van der Waals surface area contributed by atoms with Crippen LogP contribution >= 0.6 is 11.3 Å². The molecule has 0 radical (unpaired) electrons. The largest absolute Gasteiger partial charge is 0.451 e. The first kappa shape index (κ1) is 19.8. The standard InChI is InChI=1S/C23H21N3O3S/c1-14-8-7-11-19(15(14)2)24-21(27)13-29-23(28)20-12-18-16(3)25-26(22(18)30-20)17-9-5-4-6-10-17/h4-12H,13H2,1-3H3,(H,24,27). The second-order valence-corrected chi connectivity index (χ2v) is 8.06. The lowest BCUT2D eigenvalue weighted by atomic mass is 10.1. The molecule has 7 heteroatoms. The van der Waals surface area contributed by atoms with Gasteiger partial charge in [0.1, 0.15) is 9.71 Å². The zero-order chi connectivity index (χ0) is 21.3. The van der Waals surface area contributed by atoms with Crippen LogP contribution in [0.1, 0.15) is 26.5 Å². The highest BCUT2D eigenvalue weighted by atomic mass is 32.1. The number of thiophene rings is 1. The van der Waals surface area contributed by atoms with E-state index in [2.05, 4.69) is 10.4 Å². The number of hydrogen-bond acceptors (Lipinski definition) is 5. The van der Waals surface area contributed by atoms with Crippen molar-refractivity contribution in [3.63, 3.8) is 0 Å². The van der Waals surface area contributed by atoms with Crippen molar-refractivity contribution in [3.8, 4) is 5.69 Å². The summed E-state index contributed by atoms with van der Waals surface area (Å²) < 4.78 is 7.07.